The first-order valence-corrected chi connectivity index (χ1v) is 4.64. The zero-order valence-corrected chi connectivity index (χ0v) is 7.51. The van der Waals surface area contributed by atoms with Gasteiger partial charge in [0.15, 0.2) is 6.73 Å². The van der Waals surface area contributed by atoms with Crippen LogP contribution >= 0.6 is 15.9 Å². The van der Waals surface area contributed by atoms with E-state index < -0.39 is 0 Å². The van der Waals surface area contributed by atoms with Gasteiger partial charge in [-0.15, -0.1) is 0 Å². The lowest BCUT2D eigenvalue weighted by molar-refractivity contribution is 0.170. The van der Waals surface area contributed by atoms with Gasteiger partial charge in [0, 0.05) is 18.1 Å². The van der Waals surface area contributed by atoms with Crippen molar-refractivity contribution in [2.24, 2.45) is 0 Å². The van der Waals surface area contributed by atoms with E-state index in [9.17, 15) is 0 Å². The summed E-state index contributed by atoms with van der Waals surface area (Å²) < 4.78 is 5.02. The van der Waals surface area contributed by atoms with Crippen molar-refractivity contribution < 1.29 is 4.74 Å². The smallest absolute Gasteiger partial charge is 0.160 e. The molecule has 0 bridgehead atoms. The Morgan fingerprint density at radius 3 is 3.00 bits per heavy atom. The number of ether oxygens (including phenoxy) is 1. The van der Waals surface area contributed by atoms with E-state index in [4.69, 9.17) is 4.74 Å². The van der Waals surface area contributed by atoms with Gasteiger partial charge in [-0.25, -0.2) is 0 Å². The number of nitrogens with zero attached hydrogens (tertiary/aromatic N) is 1. The van der Waals surface area contributed by atoms with Crippen LogP contribution in [-0.4, -0.2) is 23.5 Å². The van der Waals surface area contributed by atoms with E-state index in [1.165, 1.54) is 12.8 Å². The minimum absolute atomic E-state index is 0.738. The maximum Gasteiger partial charge on any atom is 0.160 e. The van der Waals surface area contributed by atoms with Gasteiger partial charge < -0.3 is 9.64 Å². The predicted octanol–water partition coefficient (Wildman–Crippen LogP) is 1.92. The standard InChI is InChI=1S/C7H12BrNO/c8-3-1-2-4-9-5-6-10-7-9/h5-6H,1-4,7H2. The van der Waals surface area contributed by atoms with Gasteiger partial charge >= 0.3 is 0 Å². The fourth-order valence-electron chi connectivity index (χ4n) is 0.859. The van der Waals surface area contributed by atoms with E-state index in [1.54, 1.807) is 6.26 Å². The average Bonchev–Trinajstić information content (AvgIpc) is 2.41. The van der Waals surface area contributed by atoms with Crippen LogP contribution in [0.25, 0.3) is 0 Å². The Bertz CT molecular complexity index is 116. The lowest BCUT2D eigenvalue weighted by Crippen LogP contribution is -2.16. The summed E-state index contributed by atoms with van der Waals surface area (Å²) in [5.41, 5.74) is 0. The molecule has 0 spiro atoms. The maximum atomic E-state index is 5.02. The number of alkyl halides is 1. The lowest BCUT2D eigenvalue weighted by Gasteiger charge is -2.11. The minimum atomic E-state index is 0.738. The molecular formula is C7H12BrNO. The normalized spacial score (nSPS) is 15.9. The molecule has 1 rings (SSSR count). The fourth-order valence-corrected chi connectivity index (χ4v) is 1.26. The third-order valence-electron chi connectivity index (χ3n) is 1.44. The molecule has 0 aliphatic carbocycles. The van der Waals surface area contributed by atoms with Gasteiger partial charge in [0.05, 0.1) is 0 Å². The highest BCUT2D eigenvalue weighted by atomic mass is 79.9. The highest BCUT2D eigenvalue weighted by Crippen LogP contribution is 2.03. The highest BCUT2D eigenvalue weighted by Gasteiger charge is 2.02. The van der Waals surface area contributed by atoms with Gasteiger partial charge in [-0.2, -0.15) is 0 Å². The molecule has 0 atom stereocenters. The van der Waals surface area contributed by atoms with Crippen LogP contribution in [0.4, 0.5) is 0 Å². The molecule has 1 heterocycles. The number of rotatable bonds is 4. The second kappa shape index (κ2) is 4.61. The summed E-state index contributed by atoms with van der Waals surface area (Å²) in [4.78, 5) is 2.17. The monoisotopic (exact) mass is 205 g/mol. The first kappa shape index (κ1) is 7.92. The third kappa shape index (κ3) is 2.60. The minimum Gasteiger partial charge on any atom is -0.479 e. The molecule has 0 unspecified atom stereocenters. The molecule has 0 fully saturated rings. The molecule has 0 aromatic carbocycles. The first-order valence-electron chi connectivity index (χ1n) is 3.52. The summed E-state index contributed by atoms with van der Waals surface area (Å²) in [6, 6.07) is 0. The van der Waals surface area contributed by atoms with Crippen LogP contribution in [0.1, 0.15) is 12.8 Å². The Labute approximate surface area is 70.0 Å². The SMILES string of the molecule is BrCCCCN1C=COC1. The summed E-state index contributed by atoms with van der Waals surface area (Å²) >= 11 is 3.39. The second-order valence-corrected chi connectivity index (χ2v) is 3.08. The molecule has 58 valence electrons. The quantitative estimate of drug-likeness (QED) is 0.514. The molecule has 1 aliphatic heterocycles. The molecule has 1 aliphatic rings. The molecule has 0 saturated heterocycles. The summed E-state index contributed by atoms with van der Waals surface area (Å²) in [5.74, 6) is 0. The molecular weight excluding hydrogens is 194 g/mol. The maximum absolute atomic E-state index is 5.02. The topological polar surface area (TPSA) is 12.5 Å². The fraction of sp³-hybridized carbons (Fsp3) is 0.714. The number of halogens is 1. The molecule has 0 N–H and O–H groups in total. The first-order chi connectivity index (χ1) is 4.93. The van der Waals surface area contributed by atoms with Gasteiger partial charge in [-0.3, -0.25) is 0 Å². The molecule has 3 heteroatoms. The van der Waals surface area contributed by atoms with Crippen molar-refractivity contribution in [2.45, 2.75) is 12.8 Å². The third-order valence-corrected chi connectivity index (χ3v) is 2.00. The van der Waals surface area contributed by atoms with Crippen LogP contribution in [-0.2, 0) is 4.74 Å². The van der Waals surface area contributed by atoms with Crippen molar-refractivity contribution in [2.75, 3.05) is 18.6 Å². The number of unbranched alkanes of at least 4 members (excludes halogenated alkanes) is 1. The molecule has 0 aromatic heterocycles. The Hall–Kier alpha value is -0.180. The Kier molecular flexibility index (Phi) is 3.65. The Morgan fingerprint density at radius 2 is 2.40 bits per heavy atom. The van der Waals surface area contributed by atoms with Gasteiger partial charge in [-0.05, 0) is 12.8 Å². The van der Waals surface area contributed by atoms with E-state index in [1.807, 2.05) is 6.20 Å². The molecule has 0 radical (unpaired) electrons. The van der Waals surface area contributed by atoms with Crippen LogP contribution < -0.4 is 0 Å². The van der Waals surface area contributed by atoms with Crippen LogP contribution in [0.5, 0.6) is 0 Å². The van der Waals surface area contributed by atoms with Gasteiger partial charge in [0.1, 0.15) is 6.26 Å². The summed E-state index contributed by atoms with van der Waals surface area (Å²) in [5, 5.41) is 1.10. The Balaban J connectivity index is 1.97. The van der Waals surface area contributed by atoms with Crippen LogP contribution in [0.2, 0.25) is 0 Å². The largest absolute Gasteiger partial charge is 0.479 e. The molecule has 2 nitrogen and oxygen atoms in total. The Morgan fingerprint density at radius 1 is 1.50 bits per heavy atom. The summed E-state index contributed by atoms with van der Waals surface area (Å²) in [6.07, 6.45) is 6.21. The van der Waals surface area contributed by atoms with E-state index in [-0.39, 0.29) is 0 Å². The summed E-state index contributed by atoms with van der Waals surface area (Å²) in [7, 11) is 0. The molecule has 0 saturated carbocycles. The van der Waals surface area contributed by atoms with Crippen molar-refractivity contribution in [1.29, 1.82) is 0 Å². The van der Waals surface area contributed by atoms with Gasteiger partial charge in [0.2, 0.25) is 0 Å². The van der Waals surface area contributed by atoms with Crippen molar-refractivity contribution in [3.63, 3.8) is 0 Å². The predicted molar refractivity (Wildman–Crippen MR) is 44.8 cm³/mol. The van der Waals surface area contributed by atoms with Crippen molar-refractivity contribution in [3.8, 4) is 0 Å². The zero-order chi connectivity index (χ0) is 7.23. The molecule has 0 aromatic rings. The van der Waals surface area contributed by atoms with Crippen molar-refractivity contribution >= 4 is 15.9 Å². The van der Waals surface area contributed by atoms with E-state index in [2.05, 4.69) is 20.8 Å². The number of hydrogen-bond acceptors (Lipinski definition) is 2. The molecule has 0 amide bonds. The molecule has 10 heavy (non-hydrogen) atoms. The van der Waals surface area contributed by atoms with Crippen molar-refractivity contribution in [3.05, 3.63) is 12.5 Å². The summed E-state index contributed by atoms with van der Waals surface area (Å²) in [6.45, 7) is 1.85. The van der Waals surface area contributed by atoms with Crippen LogP contribution in [0.15, 0.2) is 12.5 Å². The zero-order valence-electron chi connectivity index (χ0n) is 5.92. The van der Waals surface area contributed by atoms with Gasteiger partial charge in [-0.1, -0.05) is 15.9 Å². The average molecular weight is 206 g/mol. The second-order valence-electron chi connectivity index (χ2n) is 2.29. The number of hydrogen-bond donors (Lipinski definition) is 0. The van der Waals surface area contributed by atoms with E-state index >= 15 is 0 Å². The lowest BCUT2D eigenvalue weighted by atomic mass is 10.3. The van der Waals surface area contributed by atoms with Crippen LogP contribution in [0.3, 0.4) is 0 Å². The van der Waals surface area contributed by atoms with E-state index in [0.29, 0.717) is 0 Å². The van der Waals surface area contributed by atoms with Gasteiger partial charge in [0.25, 0.3) is 0 Å². The van der Waals surface area contributed by atoms with E-state index in [0.717, 1.165) is 18.6 Å². The highest BCUT2D eigenvalue weighted by molar-refractivity contribution is 9.09. The van der Waals surface area contributed by atoms with Crippen LogP contribution in [0, 0.1) is 0 Å². The van der Waals surface area contributed by atoms with Crippen molar-refractivity contribution in [1.82, 2.24) is 4.90 Å².